The van der Waals surface area contributed by atoms with Crippen LogP contribution in [0.25, 0.3) is 0 Å². The van der Waals surface area contributed by atoms with Crippen molar-refractivity contribution in [2.75, 3.05) is 11.8 Å². The van der Waals surface area contributed by atoms with E-state index in [0.717, 1.165) is 12.1 Å². The molecule has 0 saturated heterocycles. The lowest BCUT2D eigenvalue weighted by atomic mass is 10.1. The molecule has 0 aromatic heterocycles. The average molecular weight is 321 g/mol. The number of anilines is 1. The normalized spacial score (nSPS) is 10.9. The number of para-hydroxylation sites is 1. The first-order valence-corrected chi connectivity index (χ1v) is 9.57. The van der Waals surface area contributed by atoms with Crippen LogP contribution in [0.4, 0.5) is 5.69 Å². The van der Waals surface area contributed by atoms with Gasteiger partial charge in [-0.2, -0.15) is 5.17 Å². The molecule has 0 aliphatic heterocycles. The molecule has 0 aliphatic rings. The molecule has 0 unspecified atom stereocenters. The maximum Gasteiger partial charge on any atom is 0.0820 e. The Kier molecular flexibility index (Phi) is 12.6. The van der Waals surface area contributed by atoms with Gasteiger partial charge in [0.2, 0.25) is 0 Å². The Morgan fingerprint density at radius 1 is 0.739 bits per heavy atom. The molecule has 3 heteroatoms. The minimum Gasteiger partial charge on any atom is -0.258 e. The second-order valence-corrected chi connectivity index (χ2v) is 6.38. The summed E-state index contributed by atoms with van der Waals surface area (Å²) in [6, 6.07) is 9.79. The van der Waals surface area contributed by atoms with Crippen LogP contribution in [0.1, 0.15) is 84.0 Å². The number of nitrogens with two attached hydrogens (primary N) is 1. The van der Waals surface area contributed by atoms with Gasteiger partial charge < -0.3 is 0 Å². The minimum absolute atomic E-state index is 0.697. The van der Waals surface area contributed by atoms with Gasteiger partial charge in [-0.3, -0.25) is 4.84 Å². The van der Waals surface area contributed by atoms with Crippen LogP contribution in [0.2, 0.25) is 0 Å². The molecule has 0 fully saturated rings. The lowest BCUT2D eigenvalue weighted by Crippen LogP contribution is -2.31. The van der Waals surface area contributed by atoms with Crippen molar-refractivity contribution in [1.82, 2.24) is 0 Å². The second-order valence-electron chi connectivity index (χ2n) is 6.38. The van der Waals surface area contributed by atoms with E-state index in [1.165, 1.54) is 75.8 Å². The predicted molar refractivity (Wildman–Crippen MR) is 100 cm³/mol. The van der Waals surface area contributed by atoms with Crippen molar-refractivity contribution in [3.8, 4) is 0 Å². The maximum absolute atomic E-state index is 5.85. The summed E-state index contributed by atoms with van der Waals surface area (Å²) in [5.41, 5.74) is 0.895. The van der Waals surface area contributed by atoms with Gasteiger partial charge in [-0.1, -0.05) is 95.8 Å². The molecule has 0 saturated carbocycles. The summed E-state index contributed by atoms with van der Waals surface area (Å²) in [6.07, 6.45) is 16.3. The van der Waals surface area contributed by atoms with E-state index in [2.05, 4.69) is 6.92 Å². The Bertz CT molecular complexity index is 356. The number of benzene rings is 1. The van der Waals surface area contributed by atoms with Crippen molar-refractivity contribution in [2.45, 2.75) is 84.0 Å². The largest absolute Gasteiger partial charge is 0.258 e. The molecule has 0 radical (unpaired) electrons. The quantitative estimate of drug-likeness (QED) is 0.245. The first-order chi connectivity index (χ1) is 11.3. The summed E-state index contributed by atoms with van der Waals surface area (Å²) >= 11 is 0. The summed E-state index contributed by atoms with van der Waals surface area (Å²) in [7, 11) is 0. The van der Waals surface area contributed by atoms with Gasteiger partial charge in [0.25, 0.3) is 0 Å². The molecule has 2 N–H and O–H groups in total. The standard InChI is InChI=1S/C20H36N2O/c1-2-3-4-5-6-7-8-9-10-11-12-16-19-23-22(21)20-17-14-13-15-18-20/h13-15,17-18H,2-12,16,19,21H2,1H3. The van der Waals surface area contributed by atoms with Gasteiger partial charge in [0, 0.05) is 0 Å². The Balaban J connectivity index is 1.81. The van der Waals surface area contributed by atoms with E-state index in [0.29, 0.717) is 6.61 Å². The van der Waals surface area contributed by atoms with Crippen LogP contribution in [-0.2, 0) is 4.84 Å². The van der Waals surface area contributed by atoms with Gasteiger partial charge >= 0.3 is 0 Å². The summed E-state index contributed by atoms with van der Waals surface area (Å²) in [6.45, 7) is 2.97. The highest BCUT2D eigenvalue weighted by molar-refractivity contribution is 5.41. The number of hydrazine groups is 1. The maximum atomic E-state index is 5.85. The Morgan fingerprint density at radius 2 is 1.22 bits per heavy atom. The van der Waals surface area contributed by atoms with E-state index in [1.807, 2.05) is 30.3 Å². The number of hydrogen-bond acceptors (Lipinski definition) is 3. The summed E-state index contributed by atoms with van der Waals surface area (Å²) in [5.74, 6) is 5.85. The third-order valence-corrected chi connectivity index (χ3v) is 4.24. The predicted octanol–water partition coefficient (Wildman–Crippen LogP) is 6.00. The molecule has 0 bridgehead atoms. The molecular formula is C20H36N2O. The van der Waals surface area contributed by atoms with Crippen molar-refractivity contribution in [3.05, 3.63) is 30.3 Å². The lowest BCUT2D eigenvalue weighted by molar-refractivity contribution is 0.104. The van der Waals surface area contributed by atoms with E-state index in [-0.39, 0.29) is 0 Å². The van der Waals surface area contributed by atoms with Gasteiger partial charge in [0.05, 0.1) is 12.3 Å². The van der Waals surface area contributed by atoms with Gasteiger partial charge in [0.1, 0.15) is 0 Å². The molecule has 0 aliphatic carbocycles. The fourth-order valence-corrected chi connectivity index (χ4v) is 2.76. The molecule has 23 heavy (non-hydrogen) atoms. The molecule has 0 atom stereocenters. The third-order valence-electron chi connectivity index (χ3n) is 4.24. The van der Waals surface area contributed by atoms with E-state index in [4.69, 9.17) is 10.7 Å². The van der Waals surface area contributed by atoms with Gasteiger partial charge in [-0.25, -0.2) is 5.84 Å². The van der Waals surface area contributed by atoms with Crippen LogP contribution in [0.3, 0.4) is 0 Å². The lowest BCUT2D eigenvalue weighted by Gasteiger charge is -2.17. The Labute approximate surface area is 143 Å². The second kappa shape index (κ2) is 14.5. The summed E-state index contributed by atoms with van der Waals surface area (Å²) in [4.78, 5) is 5.53. The minimum atomic E-state index is 0.697. The van der Waals surface area contributed by atoms with Gasteiger partial charge in [-0.15, -0.1) is 0 Å². The molecule has 132 valence electrons. The van der Waals surface area contributed by atoms with Crippen molar-refractivity contribution in [3.63, 3.8) is 0 Å². The van der Waals surface area contributed by atoms with Crippen molar-refractivity contribution in [2.24, 2.45) is 5.84 Å². The highest BCUT2D eigenvalue weighted by atomic mass is 16.7. The first kappa shape index (κ1) is 20.0. The number of hydrogen-bond donors (Lipinski definition) is 1. The Morgan fingerprint density at radius 3 is 1.74 bits per heavy atom. The summed E-state index contributed by atoms with van der Waals surface area (Å²) in [5, 5.41) is 1.37. The van der Waals surface area contributed by atoms with E-state index >= 15 is 0 Å². The van der Waals surface area contributed by atoms with Crippen LogP contribution in [0, 0.1) is 0 Å². The zero-order valence-corrected chi connectivity index (χ0v) is 15.0. The van der Waals surface area contributed by atoms with Crippen LogP contribution in [-0.4, -0.2) is 6.61 Å². The smallest absolute Gasteiger partial charge is 0.0820 e. The molecular weight excluding hydrogens is 284 g/mol. The van der Waals surface area contributed by atoms with Crippen LogP contribution in [0.5, 0.6) is 0 Å². The number of nitrogens with zero attached hydrogens (tertiary/aromatic N) is 1. The van der Waals surface area contributed by atoms with Crippen molar-refractivity contribution >= 4 is 5.69 Å². The fraction of sp³-hybridized carbons (Fsp3) is 0.700. The van der Waals surface area contributed by atoms with Gasteiger partial charge in [-0.05, 0) is 18.6 Å². The highest BCUT2D eigenvalue weighted by Crippen LogP contribution is 2.13. The average Bonchev–Trinajstić information content (AvgIpc) is 2.59. The highest BCUT2D eigenvalue weighted by Gasteiger charge is 2.00. The van der Waals surface area contributed by atoms with Crippen LogP contribution in [0.15, 0.2) is 30.3 Å². The van der Waals surface area contributed by atoms with E-state index in [1.54, 1.807) is 0 Å². The van der Waals surface area contributed by atoms with E-state index in [9.17, 15) is 0 Å². The molecule has 1 aromatic rings. The zero-order chi connectivity index (χ0) is 16.6. The monoisotopic (exact) mass is 320 g/mol. The molecule has 0 heterocycles. The topological polar surface area (TPSA) is 38.5 Å². The molecule has 1 rings (SSSR count). The van der Waals surface area contributed by atoms with Gasteiger partial charge in [0.15, 0.2) is 0 Å². The number of unbranched alkanes of at least 4 members (excludes halogenated alkanes) is 11. The molecule has 1 aromatic carbocycles. The van der Waals surface area contributed by atoms with Crippen molar-refractivity contribution in [1.29, 1.82) is 0 Å². The van der Waals surface area contributed by atoms with Crippen molar-refractivity contribution < 1.29 is 4.84 Å². The Hall–Kier alpha value is -1.06. The summed E-state index contributed by atoms with van der Waals surface area (Å²) < 4.78 is 0. The SMILES string of the molecule is CCCCCCCCCCCCCCON(N)c1ccccc1. The first-order valence-electron chi connectivity index (χ1n) is 9.57. The molecule has 3 nitrogen and oxygen atoms in total. The molecule has 0 amide bonds. The fourth-order valence-electron chi connectivity index (χ4n) is 2.76. The van der Waals surface area contributed by atoms with Crippen LogP contribution < -0.4 is 11.0 Å². The molecule has 0 spiro atoms. The number of rotatable bonds is 15. The van der Waals surface area contributed by atoms with E-state index < -0.39 is 0 Å². The van der Waals surface area contributed by atoms with Crippen LogP contribution >= 0.6 is 0 Å². The zero-order valence-electron chi connectivity index (χ0n) is 15.0. The third kappa shape index (κ3) is 11.2.